The topological polar surface area (TPSA) is 40.5 Å². The van der Waals surface area contributed by atoms with Crippen LogP contribution in [-0.2, 0) is 4.79 Å². The van der Waals surface area contributed by atoms with E-state index in [9.17, 15) is 9.18 Å². The van der Waals surface area contributed by atoms with E-state index in [-0.39, 0.29) is 0 Å². The van der Waals surface area contributed by atoms with Crippen LogP contribution in [0.15, 0.2) is 24.3 Å². The summed E-state index contributed by atoms with van der Waals surface area (Å²) < 4.78 is 12.6. The number of likely N-dealkylation sites (tertiary alicyclic amines) is 1. The van der Waals surface area contributed by atoms with E-state index in [0.717, 1.165) is 5.92 Å². The summed E-state index contributed by atoms with van der Waals surface area (Å²) in [5.41, 5.74) is 0.488. The van der Waals surface area contributed by atoms with E-state index >= 15 is 0 Å². The van der Waals surface area contributed by atoms with Crippen molar-refractivity contribution in [3.05, 3.63) is 35.6 Å². The van der Waals surface area contributed by atoms with Gasteiger partial charge in [-0.05, 0) is 63.5 Å². The highest BCUT2D eigenvalue weighted by Crippen LogP contribution is 2.15. The fraction of sp³-hybridized carbons (Fsp3) is 0.562. The van der Waals surface area contributed by atoms with Crippen molar-refractivity contribution in [2.75, 3.05) is 20.1 Å². The molecular weight excluding hydrogens is 257 g/mol. The van der Waals surface area contributed by atoms with Crippen LogP contribution >= 0.6 is 0 Å². The van der Waals surface area contributed by atoms with Crippen LogP contribution in [0, 0.1) is 11.7 Å². The molecule has 0 aromatic heterocycles. The third-order valence-corrected chi connectivity index (χ3v) is 3.73. The number of hydrogen-bond donors (Lipinski definition) is 1. The molecule has 112 valence electrons. The first kappa shape index (κ1) is 16.6. The molecule has 0 bridgehead atoms. The SMILES string of the molecule is CC(C(=O)O)c1cccc(F)c1.CC1CCN(C)CC1. The summed E-state index contributed by atoms with van der Waals surface area (Å²) >= 11 is 0. The number of benzene rings is 1. The number of carboxylic acids is 1. The van der Waals surface area contributed by atoms with E-state index in [0.29, 0.717) is 5.56 Å². The van der Waals surface area contributed by atoms with Gasteiger partial charge in [-0.3, -0.25) is 4.79 Å². The average Bonchev–Trinajstić information content (AvgIpc) is 2.42. The molecule has 3 nitrogen and oxygen atoms in total. The monoisotopic (exact) mass is 281 g/mol. The molecule has 1 unspecified atom stereocenters. The summed E-state index contributed by atoms with van der Waals surface area (Å²) in [5.74, 6) is -1.02. The Morgan fingerprint density at radius 1 is 1.40 bits per heavy atom. The normalized spacial score (nSPS) is 18.0. The van der Waals surface area contributed by atoms with Gasteiger partial charge < -0.3 is 10.0 Å². The number of piperidine rings is 1. The lowest BCUT2D eigenvalue weighted by Crippen LogP contribution is -2.28. The highest BCUT2D eigenvalue weighted by molar-refractivity contribution is 5.75. The summed E-state index contributed by atoms with van der Waals surface area (Å²) in [6.07, 6.45) is 2.80. The molecule has 0 saturated carbocycles. The van der Waals surface area contributed by atoms with Gasteiger partial charge in [0.1, 0.15) is 5.82 Å². The van der Waals surface area contributed by atoms with Crippen molar-refractivity contribution in [2.24, 2.45) is 5.92 Å². The van der Waals surface area contributed by atoms with Crippen molar-refractivity contribution in [1.82, 2.24) is 4.90 Å². The predicted molar refractivity (Wildman–Crippen MR) is 78.3 cm³/mol. The number of aliphatic carboxylic acids is 1. The lowest BCUT2D eigenvalue weighted by Gasteiger charge is -2.26. The van der Waals surface area contributed by atoms with Crippen LogP contribution in [0.3, 0.4) is 0 Å². The maximum Gasteiger partial charge on any atom is 0.310 e. The van der Waals surface area contributed by atoms with Crippen LogP contribution in [0.5, 0.6) is 0 Å². The van der Waals surface area contributed by atoms with Gasteiger partial charge in [-0.1, -0.05) is 19.1 Å². The molecule has 1 saturated heterocycles. The highest BCUT2D eigenvalue weighted by Gasteiger charge is 2.13. The minimum atomic E-state index is -0.944. The Morgan fingerprint density at radius 2 is 2.00 bits per heavy atom. The third-order valence-electron chi connectivity index (χ3n) is 3.73. The Morgan fingerprint density at radius 3 is 2.45 bits per heavy atom. The maximum absolute atomic E-state index is 12.6. The van der Waals surface area contributed by atoms with E-state index in [2.05, 4.69) is 18.9 Å². The van der Waals surface area contributed by atoms with Crippen molar-refractivity contribution in [3.8, 4) is 0 Å². The molecule has 1 aliphatic rings. The lowest BCUT2D eigenvalue weighted by molar-refractivity contribution is -0.138. The van der Waals surface area contributed by atoms with Gasteiger partial charge in [-0.15, -0.1) is 0 Å². The number of carbonyl (C=O) groups is 1. The van der Waals surface area contributed by atoms with Gasteiger partial charge in [0.2, 0.25) is 0 Å². The molecule has 1 atom stereocenters. The van der Waals surface area contributed by atoms with Gasteiger partial charge in [-0.25, -0.2) is 4.39 Å². The molecule has 0 spiro atoms. The second-order valence-corrected chi connectivity index (χ2v) is 5.60. The van der Waals surface area contributed by atoms with Crippen LogP contribution in [0.1, 0.15) is 38.2 Å². The molecule has 4 heteroatoms. The van der Waals surface area contributed by atoms with Gasteiger partial charge in [-0.2, -0.15) is 0 Å². The number of hydrogen-bond acceptors (Lipinski definition) is 2. The summed E-state index contributed by atoms with van der Waals surface area (Å²) in [6.45, 7) is 6.48. The minimum Gasteiger partial charge on any atom is -0.481 e. The molecule has 1 aromatic rings. The molecule has 1 aromatic carbocycles. The van der Waals surface area contributed by atoms with Crippen molar-refractivity contribution < 1.29 is 14.3 Å². The summed E-state index contributed by atoms with van der Waals surface area (Å²) in [5, 5.41) is 8.60. The van der Waals surface area contributed by atoms with E-state index in [1.165, 1.54) is 51.1 Å². The van der Waals surface area contributed by atoms with Gasteiger partial charge in [0.15, 0.2) is 0 Å². The number of rotatable bonds is 2. The predicted octanol–water partition coefficient (Wildman–Crippen LogP) is 3.36. The summed E-state index contributed by atoms with van der Waals surface area (Å²) in [4.78, 5) is 12.9. The fourth-order valence-electron chi connectivity index (χ4n) is 2.06. The molecule has 20 heavy (non-hydrogen) atoms. The Kier molecular flexibility index (Phi) is 6.65. The molecule has 2 rings (SSSR count). The molecule has 0 radical (unpaired) electrons. The Bertz CT molecular complexity index is 418. The van der Waals surface area contributed by atoms with Crippen molar-refractivity contribution in [3.63, 3.8) is 0 Å². The third kappa shape index (κ3) is 5.70. The standard InChI is InChI=1S/C9H9FO2.C7H15N/c1-6(9(11)12)7-3-2-4-8(10)5-7;1-7-3-5-8(2)6-4-7/h2-6H,1H3,(H,11,12);7H,3-6H2,1-2H3. The van der Waals surface area contributed by atoms with E-state index < -0.39 is 17.7 Å². The van der Waals surface area contributed by atoms with E-state index in [4.69, 9.17) is 5.11 Å². The van der Waals surface area contributed by atoms with Crippen molar-refractivity contribution >= 4 is 5.97 Å². The largest absolute Gasteiger partial charge is 0.481 e. The van der Waals surface area contributed by atoms with E-state index in [1.807, 2.05) is 0 Å². The second-order valence-electron chi connectivity index (χ2n) is 5.60. The fourth-order valence-corrected chi connectivity index (χ4v) is 2.06. The van der Waals surface area contributed by atoms with Crippen molar-refractivity contribution in [1.29, 1.82) is 0 Å². The minimum absolute atomic E-state index is 0.402. The zero-order valence-electron chi connectivity index (χ0n) is 12.5. The van der Waals surface area contributed by atoms with Gasteiger partial charge in [0.25, 0.3) is 0 Å². The van der Waals surface area contributed by atoms with E-state index in [1.54, 1.807) is 6.07 Å². The van der Waals surface area contributed by atoms with Gasteiger partial charge >= 0.3 is 5.97 Å². The average molecular weight is 281 g/mol. The van der Waals surface area contributed by atoms with Gasteiger partial charge in [0.05, 0.1) is 5.92 Å². The summed E-state index contributed by atoms with van der Waals surface area (Å²) in [6, 6.07) is 5.63. The highest BCUT2D eigenvalue weighted by atomic mass is 19.1. The molecular formula is C16H24FNO2. The molecule has 1 heterocycles. The zero-order valence-corrected chi connectivity index (χ0v) is 12.5. The number of halogens is 1. The smallest absolute Gasteiger partial charge is 0.310 e. The maximum atomic E-state index is 12.6. The van der Waals surface area contributed by atoms with Crippen LogP contribution in [-0.4, -0.2) is 36.1 Å². The quantitative estimate of drug-likeness (QED) is 0.903. The molecule has 0 amide bonds. The second kappa shape index (κ2) is 8.00. The number of carboxylic acid groups (broad SMARTS) is 1. The molecule has 1 N–H and O–H groups in total. The Balaban J connectivity index is 0.000000217. The first-order valence-electron chi connectivity index (χ1n) is 7.07. The molecule has 1 fully saturated rings. The van der Waals surface area contributed by atoms with Crippen LogP contribution in [0.2, 0.25) is 0 Å². The van der Waals surface area contributed by atoms with Gasteiger partial charge in [0, 0.05) is 0 Å². The van der Waals surface area contributed by atoms with Crippen molar-refractivity contribution in [2.45, 2.75) is 32.6 Å². The van der Waals surface area contributed by atoms with Crippen LogP contribution in [0.25, 0.3) is 0 Å². The first-order valence-corrected chi connectivity index (χ1v) is 7.07. The van der Waals surface area contributed by atoms with Crippen LogP contribution in [0.4, 0.5) is 4.39 Å². The first-order chi connectivity index (χ1) is 9.40. The summed E-state index contributed by atoms with van der Waals surface area (Å²) in [7, 11) is 2.20. The Labute approximate surface area is 120 Å². The lowest BCUT2D eigenvalue weighted by atomic mass is 10.00. The Hall–Kier alpha value is -1.42. The molecule has 1 aliphatic heterocycles. The zero-order chi connectivity index (χ0) is 15.1. The van der Waals surface area contributed by atoms with Crippen LogP contribution < -0.4 is 0 Å². The molecule has 0 aliphatic carbocycles. The number of nitrogens with zero attached hydrogens (tertiary/aromatic N) is 1.